The molecule has 0 radical (unpaired) electrons. The Morgan fingerprint density at radius 3 is 2.95 bits per heavy atom. The van der Waals surface area contributed by atoms with Crippen molar-refractivity contribution in [2.45, 2.75) is 44.6 Å². The number of aryl methyl sites for hydroxylation is 2. The Morgan fingerprint density at radius 1 is 1.35 bits per heavy atom. The summed E-state index contributed by atoms with van der Waals surface area (Å²) in [6, 6.07) is -0.0898. The van der Waals surface area contributed by atoms with Gasteiger partial charge in [-0.25, -0.2) is 9.71 Å². The van der Waals surface area contributed by atoms with Gasteiger partial charge in [0.15, 0.2) is 5.13 Å². The summed E-state index contributed by atoms with van der Waals surface area (Å²) in [5, 5.41) is 0.496. The molecule has 3 N–H and O–H groups in total. The Morgan fingerprint density at radius 2 is 2.20 bits per heavy atom. The minimum absolute atomic E-state index is 0.0898. The van der Waals surface area contributed by atoms with E-state index >= 15 is 0 Å². The lowest BCUT2D eigenvalue weighted by Gasteiger charge is -2.33. The Balaban J connectivity index is 1.77. The van der Waals surface area contributed by atoms with E-state index in [1.54, 1.807) is 0 Å². The van der Waals surface area contributed by atoms with Gasteiger partial charge in [-0.05, 0) is 32.1 Å². The molecule has 1 aromatic rings. The second-order valence-corrected chi connectivity index (χ2v) is 8.05. The van der Waals surface area contributed by atoms with E-state index in [1.807, 2.05) is 0 Å². The van der Waals surface area contributed by atoms with Gasteiger partial charge in [-0.15, -0.1) is 11.3 Å². The third kappa shape index (κ3) is 2.69. The van der Waals surface area contributed by atoms with E-state index in [0.717, 1.165) is 44.2 Å². The highest BCUT2D eigenvalue weighted by Crippen LogP contribution is 2.31. The monoisotopic (exact) mass is 316 g/mol. The molecule has 1 saturated heterocycles. The summed E-state index contributed by atoms with van der Waals surface area (Å²) >= 11 is 1.46. The number of nitrogens with two attached hydrogens (primary N) is 1. The molecule has 0 amide bonds. The van der Waals surface area contributed by atoms with Gasteiger partial charge in [-0.1, -0.05) is 6.42 Å². The first-order valence-electron chi connectivity index (χ1n) is 7.08. The van der Waals surface area contributed by atoms with Crippen LogP contribution in [0, 0.1) is 0 Å². The summed E-state index contributed by atoms with van der Waals surface area (Å²) in [7, 11) is -3.53. The summed E-state index contributed by atoms with van der Waals surface area (Å²) in [6.45, 7) is 0.914. The molecular weight excluding hydrogens is 296 g/mol. The van der Waals surface area contributed by atoms with Gasteiger partial charge in [0.25, 0.3) is 0 Å². The van der Waals surface area contributed by atoms with Crippen molar-refractivity contribution in [3.8, 4) is 0 Å². The van der Waals surface area contributed by atoms with Crippen LogP contribution in [0.25, 0.3) is 0 Å². The second-order valence-electron chi connectivity index (χ2n) is 5.35. The summed E-state index contributed by atoms with van der Waals surface area (Å²) in [5.41, 5.74) is 6.75. The number of piperidine rings is 1. The van der Waals surface area contributed by atoms with E-state index in [0.29, 0.717) is 18.2 Å². The van der Waals surface area contributed by atoms with Crippen molar-refractivity contribution in [1.29, 1.82) is 0 Å². The topological polar surface area (TPSA) is 88.3 Å². The fourth-order valence-corrected chi connectivity index (χ4v) is 5.65. The number of hydrogen-bond acceptors (Lipinski definition) is 5. The molecule has 1 unspecified atom stereocenters. The first-order valence-corrected chi connectivity index (χ1v) is 9.34. The van der Waals surface area contributed by atoms with Crippen LogP contribution in [0.2, 0.25) is 0 Å². The average Bonchev–Trinajstić information content (AvgIpc) is 2.99. The van der Waals surface area contributed by atoms with Crippen molar-refractivity contribution in [2.75, 3.05) is 17.8 Å². The van der Waals surface area contributed by atoms with E-state index in [1.165, 1.54) is 20.5 Å². The van der Waals surface area contributed by atoms with Gasteiger partial charge in [0.1, 0.15) is 0 Å². The zero-order valence-corrected chi connectivity index (χ0v) is 13.0. The highest BCUT2D eigenvalue weighted by molar-refractivity contribution is 7.90. The van der Waals surface area contributed by atoms with Crippen molar-refractivity contribution in [2.24, 2.45) is 5.73 Å². The molecule has 0 spiro atoms. The molecule has 20 heavy (non-hydrogen) atoms. The number of fused-ring (bicyclic) bond motifs is 1. The molecule has 3 rings (SSSR count). The van der Waals surface area contributed by atoms with Gasteiger partial charge in [0.2, 0.25) is 0 Å². The van der Waals surface area contributed by atoms with E-state index < -0.39 is 10.2 Å². The minimum Gasteiger partial charge on any atom is -0.329 e. The average molecular weight is 316 g/mol. The van der Waals surface area contributed by atoms with Gasteiger partial charge in [-0.3, -0.25) is 0 Å². The Hall–Kier alpha value is -0.700. The van der Waals surface area contributed by atoms with Crippen molar-refractivity contribution in [3.05, 3.63) is 10.6 Å². The molecule has 1 aliphatic carbocycles. The van der Waals surface area contributed by atoms with Crippen LogP contribution in [0.5, 0.6) is 0 Å². The molecule has 2 aliphatic rings. The van der Waals surface area contributed by atoms with Crippen LogP contribution in [0.1, 0.15) is 36.3 Å². The molecule has 2 heterocycles. The molecule has 1 aliphatic heterocycles. The molecule has 1 fully saturated rings. The Kier molecular flexibility index (Phi) is 3.98. The summed E-state index contributed by atoms with van der Waals surface area (Å²) in [5.74, 6) is 0. The maximum atomic E-state index is 12.5. The van der Waals surface area contributed by atoms with Crippen LogP contribution in [0.3, 0.4) is 0 Å². The molecule has 1 atom stereocenters. The van der Waals surface area contributed by atoms with E-state index in [9.17, 15) is 8.42 Å². The predicted molar refractivity (Wildman–Crippen MR) is 80.1 cm³/mol. The standard InChI is InChI=1S/C12H20N4O2S2/c13-8-9-4-1-2-7-16(9)20(17,18)15-12-14-10-5-3-6-11(10)19-12/h9H,1-8,13H2,(H,14,15). The fourth-order valence-electron chi connectivity index (χ4n) is 2.93. The first kappa shape index (κ1) is 14.2. The zero-order chi connectivity index (χ0) is 14.2. The lowest BCUT2D eigenvalue weighted by atomic mass is 10.1. The van der Waals surface area contributed by atoms with Gasteiger partial charge < -0.3 is 5.73 Å². The summed E-state index contributed by atoms with van der Waals surface area (Å²) in [6.07, 6.45) is 5.88. The number of hydrogen-bond donors (Lipinski definition) is 2. The lowest BCUT2D eigenvalue weighted by molar-refractivity contribution is 0.259. The second kappa shape index (κ2) is 5.59. The van der Waals surface area contributed by atoms with Crippen LogP contribution in [0.15, 0.2) is 0 Å². The zero-order valence-electron chi connectivity index (χ0n) is 11.3. The van der Waals surface area contributed by atoms with Crippen LogP contribution in [0.4, 0.5) is 5.13 Å². The predicted octanol–water partition coefficient (Wildman–Crippen LogP) is 1.10. The third-order valence-corrected chi connectivity index (χ3v) is 6.72. The van der Waals surface area contributed by atoms with Gasteiger partial charge >= 0.3 is 10.2 Å². The lowest BCUT2D eigenvalue weighted by Crippen LogP contribution is -2.49. The number of nitrogens with one attached hydrogen (secondary N) is 1. The van der Waals surface area contributed by atoms with Crippen molar-refractivity contribution >= 4 is 26.7 Å². The molecule has 0 aromatic carbocycles. The largest absolute Gasteiger partial charge is 0.329 e. The molecule has 8 heteroatoms. The van der Waals surface area contributed by atoms with Crippen molar-refractivity contribution in [1.82, 2.24) is 9.29 Å². The van der Waals surface area contributed by atoms with Gasteiger partial charge in [0.05, 0.1) is 5.69 Å². The maximum Gasteiger partial charge on any atom is 0.303 e. The molecule has 6 nitrogen and oxygen atoms in total. The number of thiazole rings is 1. The van der Waals surface area contributed by atoms with Crippen molar-refractivity contribution < 1.29 is 8.42 Å². The number of rotatable bonds is 4. The van der Waals surface area contributed by atoms with Crippen LogP contribution in [-0.2, 0) is 23.1 Å². The molecule has 0 saturated carbocycles. The van der Waals surface area contributed by atoms with E-state index in [4.69, 9.17) is 5.73 Å². The van der Waals surface area contributed by atoms with Gasteiger partial charge in [-0.2, -0.15) is 12.7 Å². The Bertz CT molecular complexity index is 563. The minimum atomic E-state index is -3.53. The first-order chi connectivity index (χ1) is 9.60. The molecule has 1 aromatic heterocycles. The fraction of sp³-hybridized carbons (Fsp3) is 0.750. The van der Waals surface area contributed by atoms with Crippen LogP contribution < -0.4 is 10.5 Å². The van der Waals surface area contributed by atoms with E-state index in [2.05, 4.69) is 9.71 Å². The Labute approximate surface area is 123 Å². The van der Waals surface area contributed by atoms with Crippen molar-refractivity contribution in [3.63, 3.8) is 0 Å². The quantitative estimate of drug-likeness (QED) is 0.870. The summed E-state index contributed by atoms with van der Waals surface area (Å²) < 4.78 is 29.1. The van der Waals surface area contributed by atoms with Crippen LogP contribution >= 0.6 is 11.3 Å². The molecule has 0 bridgehead atoms. The highest BCUT2D eigenvalue weighted by Gasteiger charge is 2.32. The number of nitrogens with zero attached hydrogens (tertiary/aromatic N) is 2. The summed E-state index contributed by atoms with van der Waals surface area (Å²) in [4.78, 5) is 5.61. The third-order valence-electron chi connectivity index (χ3n) is 3.97. The SMILES string of the molecule is NCC1CCCCN1S(=O)(=O)Nc1nc2c(s1)CCC2. The molecular formula is C12H20N4O2S2. The van der Waals surface area contributed by atoms with E-state index in [-0.39, 0.29) is 6.04 Å². The molecule has 112 valence electrons. The number of anilines is 1. The smallest absolute Gasteiger partial charge is 0.303 e. The maximum absolute atomic E-state index is 12.5. The number of aromatic nitrogens is 1. The van der Waals surface area contributed by atoms with Crippen LogP contribution in [-0.4, -0.2) is 36.8 Å². The highest BCUT2D eigenvalue weighted by atomic mass is 32.2. The normalized spacial score (nSPS) is 23.8. The van der Waals surface area contributed by atoms with Gasteiger partial charge in [0, 0.05) is 24.0 Å².